The number of anilines is 1. The van der Waals surface area contributed by atoms with E-state index in [-0.39, 0.29) is 12.1 Å². The molecule has 1 atom stereocenters. The van der Waals surface area contributed by atoms with Crippen molar-refractivity contribution in [1.29, 1.82) is 0 Å². The van der Waals surface area contributed by atoms with Gasteiger partial charge in [-0.2, -0.15) is 13.2 Å². The zero-order valence-corrected chi connectivity index (χ0v) is 12.7. The Hall–Kier alpha value is -2.39. The molecular weight excluding hydrogens is 327 g/mol. The van der Waals surface area contributed by atoms with E-state index in [4.69, 9.17) is 4.84 Å². The first kappa shape index (κ1) is 16.5. The normalized spacial score (nSPS) is 23.8. The number of rotatable bonds is 3. The van der Waals surface area contributed by atoms with Crippen molar-refractivity contribution in [3.05, 3.63) is 18.6 Å². The van der Waals surface area contributed by atoms with Crippen molar-refractivity contribution in [2.75, 3.05) is 24.5 Å². The second-order valence-electron chi connectivity index (χ2n) is 5.88. The maximum atomic E-state index is 12.2. The zero-order chi connectivity index (χ0) is 17.2. The summed E-state index contributed by atoms with van der Waals surface area (Å²) in [5.74, 6) is -0.157. The molecule has 1 aromatic heterocycles. The number of nitrogens with one attached hydrogen (secondary N) is 1. The molecule has 0 aliphatic carbocycles. The molecule has 130 valence electrons. The van der Waals surface area contributed by atoms with Gasteiger partial charge < -0.3 is 15.1 Å². The van der Waals surface area contributed by atoms with Crippen LogP contribution in [0.4, 0.5) is 19.0 Å². The predicted molar refractivity (Wildman–Crippen MR) is 78.4 cm³/mol. The summed E-state index contributed by atoms with van der Waals surface area (Å²) in [6.07, 6.45) is 1.97. The molecular formula is C14H16F3N5O2. The van der Waals surface area contributed by atoms with Crippen LogP contribution < -0.4 is 10.2 Å². The quantitative estimate of drug-likeness (QED) is 0.894. The number of aromatic nitrogens is 2. The summed E-state index contributed by atoms with van der Waals surface area (Å²) in [5, 5.41) is 5.53. The third-order valence-electron chi connectivity index (χ3n) is 3.96. The number of alkyl halides is 3. The van der Waals surface area contributed by atoms with Crippen LogP contribution in [0.3, 0.4) is 0 Å². The Morgan fingerprint density at radius 2 is 2.25 bits per heavy atom. The lowest BCUT2D eigenvalue weighted by Crippen LogP contribution is -2.49. The van der Waals surface area contributed by atoms with Gasteiger partial charge in [-0.15, -0.1) is 0 Å². The van der Waals surface area contributed by atoms with E-state index in [1.807, 2.05) is 10.2 Å². The van der Waals surface area contributed by atoms with Gasteiger partial charge in [-0.1, -0.05) is 5.16 Å². The first-order valence-corrected chi connectivity index (χ1v) is 7.48. The minimum atomic E-state index is -4.46. The van der Waals surface area contributed by atoms with Gasteiger partial charge in [0.1, 0.15) is 18.1 Å². The van der Waals surface area contributed by atoms with E-state index in [1.54, 1.807) is 18.6 Å². The van der Waals surface area contributed by atoms with E-state index in [0.29, 0.717) is 18.8 Å². The molecule has 10 heteroatoms. The smallest absolute Gasteiger partial charge is 0.386 e. The largest absolute Gasteiger partial charge is 0.405 e. The summed E-state index contributed by atoms with van der Waals surface area (Å²) < 4.78 is 36.6. The lowest BCUT2D eigenvalue weighted by Gasteiger charge is -2.38. The summed E-state index contributed by atoms with van der Waals surface area (Å²) in [7, 11) is 0. The molecule has 2 aliphatic rings. The minimum Gasteiger partial charge on any atom is -0.386 e. The van der Waals surface area contributed by atoms with Crippen LogP contribution in [-0.2, 0) is 9.63 Å². The number of hydrogen-bond donors (Lipinski definition) is 1. The SMILES string of the molecule is O=C(NCC(F)(F)F)C1=NO[C@@]2(CCCN(c3cnccn3)C2)C1. The van der Waals surface area contributed by atoms with Crippen LogP contribution in [0.25, 0.3) is 0 Å². The van der Waals surface area contributed by atoms with Crippen LogP contribution in [0.2, 0.25) is 0 Å². The third kappa shape index (κ3) is 3.74. The van der Waals surface area contributed by atoms with Crippen molar-refractivity contribution >= 4 is 17.4 Å². The molecule has 3 rings (SSSR count). The molecule has 0 bridgehead atoms. The average Bonchev–Trinajstić information content (AvgIpc) is 2.96. The molecule has 1 saturated heterocycles. The van der Waals surface area contributed by atoms with Crippen LogP contribution in [0.5, 0.6) is 0 Å². The number of nitrogens with zero attached hydrogens (tertiary/aromatic N) is 4. The van der Waals surface area contributed by atoms with Gasteiger partial charge in [-0.3, -0.25) is 9.78 Å². The Bertz CT molecular complexity index is 637. The van der Waals surface area contributed by atoms with Crippen LogP contribution in [-0.4, -0.2) is 53.0 Å². The molecule has 24 heavy (non-hydrogen) atoms. The molecule has 0 aromatic carbocycles. The third-order valence-corrected chi connectivity index (χ3v) is 3.96. The number of hydrogen-bond acceptors (Lipinski definition) is 6. The minimum absolute atomic E-state index is 0.0137. The maximum absolute atomic E-state index is 12.2. The molecule has 1 spiro atoms. The van der Waals surface area contributed by atoms with E-state index in [1.165, 1.54) is 0 Å². The summed E-state index contributed by atoms with van der Waals surface area (Å²) in [5.41, 5.74) is -0.721. The summed E-state index contributed by atoms with van der Waals surface area (Å²) in [6, 6.07) is 0. The Balaban J connectivity index is 1.61. The number of halogens is 3. The fourth-order valence-corrected chi connectivity index (χ4v) is 2.89. The lowest BCUT2D eigenvalue weighted by atomic mass is 9.88. The molecule has 1 aromatic rings. The van der Waals surface area contributed by atoms with Crippen LogP contribution in [0.15, 0.2) is 23.7 Å². The van der Waals surface area contributed by atoms with Gasteiger partial charge in [0.05, 0.1) is 12.7 Å². The fraction of sp³-hybridized carbons (Fsp3) is 0.571. The molecule has 0 radical (unpaired) electrons. The van der Waals surface area contributed by atoms with Gasteiger partial charge in [0.15, 0.2) is 5.60 Å². The van der Waals surface area contributed by atoms with Crippen molar-refractivity contribution in [1.82, 2.24) is 15.3 Å². The maximum Gasteiger partial charge on any atom is 0.405 e. The van der Waals surface area contributed by atoms with Crippen molar-refractivity contribution in [2.24, 2.45) is 5.16 Å². The molecule has 1 amide bonds. The van der Waals surface area contributed by atoms with Crippen molar-refractivity contribution < 1.29 is 22.8 Å². The molecule has 1 N–H and O–H groups in total. The lowest BCUT2D eigenvalue weighted by molar-refractivity contribution is -0.134. The van der Waals surface area contributed by atoms with Crippen LogP contribution in [0, 0.1) is 0 Å². The summed E-state index contributed by atoms with van der Waals surface area (Å²) in [4.78, 5) is 27.5. The van der Waals surface area contributed by atoms with Crippen molar-refractivity contribution in [3.63, 3.8) is 0 Å². The van der Waals surface area contributed by atoms with E-state index in [0.717, 1.165) is 13.0 Å². The van der Waals surface area contributed by atoms with Gasteiger partial charge in [0.25, 0.3) is 5.91 Å². The van der Waals surface area contributed by atoms with Crippen LogP contribution >= 0.6 is 0 Å². The Morgan fingerprint density at radius 1 is 1.42 bits per heavy atom. The number of piperidine rings is 1. The second kappa shape index (κ2) is 6.25. The van der Waals surface area contributed by atoms with Gasteiger partial charge in [0, 0.05) is 25.4 Å². The Labute approximate surface area is 135 Å². The van der Waals surface area contributed by atoms with E-state index in [9.17, 15) is 18.0 Å². The zero-order valence-electron chi connectivity index (χ0n) is 12.7. The highest BCUT2D eigenvalue weighted by Crippen LogP contribution is 2.34. The topological polar surface area (TPSA) is 79.7 Å². The highest BCUT2D eigenvalue weighted by molar-refractivity contribution is 6.39. The second-order valence-corrected chi connectivity index (χ2v) is 5.88. The van der Waals surface area contributed by atoms with E-state index < -0.39 is 24.2 Å². The summed E-state index contributed by atoms with van der Waals surface area (Å²) >= 11 is 0. The predicted octanol–water partition coefficient (Wildman–Crippen LogP) is 1.27. The molecule has 0 unspecified atom stereocenters. The van der Waals surface area contributed by atoms with Crippen LogP contribution in [0.1, 0.15) is 19.3 Å². The highest BCUT2D eigenvalue weighted by atomic mass is 19.4. The Kier molecular flexibility index (Phi) is 4.29. The number of oxime groups is 1. The highest BCUT2D eigenvalue weighted by Gasteiger charge is 2.45. The van der Waals surface area contributed by atoms with Gasteiger partial charge in [-0.25, -0.2) is 4.98 Å². The fourth-order valence-electron chi connectivity index (χ4n) is 2.89. The molecule has 0 saturated carbocycles. The average molecular weight is 343 g/mol. The first-order valence-electron chi connectivity index (χ1n) is 7.48. The molecule has 7 nitrogen and oxygen atoms in total. The van der Waals surface area contributed by atoms with Gasteiger partial charge in [-0.05, 0) is 12.8 Å². The summed E-state index contributed by atoms with van der Waals surface area (Å²) in [6.45, 7) is -0.172. The Morgan fingerprint density at radius 3 is 2.96 bits per heavy atom. The van der Waals surface area contributed by atoms with Gasteiger partial charge >= 0.3 is 6.18 Å². The number of amides is 1. The molecule has 1 fully saturated rings. The molecule has 3 heterocycles. The standard InChI is InChI=1S/C14H16F3N5O2/c15-14(16,17)8-20-12(23)10-6-13(24-21-10)2-1-5-22(9-13)11-7-18-3-4-19-11/h3-4,7H,1-2,5-6,8-9H2,(H,20,23)/t13-/m0/s1. The van der Waals surface area contributed by atoms with E-state index >= 15 is 0 Å². The van der Waals surface area contributed by atoms with Crippen molar-refractivity contribution in [3.8, 4) is 0 Å². The number of carbonyl (C=O) groups is 1. The van der Waals surface area contributed by atoms with Crippen molar-refractivity contribution in [2.45, 2.75) is 31.0 Å². The number of carbonyl (C=O) groups excluding carboxylic acids is 1. The van der Waals surface area contributed by atoms with Gasteiger partial charge in [0.2, 0.25) is 0 Å². The molecule has 2 aliphatic heterocycles. The monoisotopic (exact) mass is 343 g/mol. The van der Waals surface area contributed by atoms with E-state index in [2.05, 4.69) is 15.1 Å². The first-order chi connectivity index (χ1) is 11.4.